The topological polar surface area (TPSA) is 38.8 Å². The van der Waals surface area contributed by atoms with Gasteiger partial charge in [-0.2, -0.15) is 0 Å². The highest BCUT2D eigenvalue weighted by atomic mass is 19.1. The van der Waals surface area contributed by atoms with Gasteiger partial charge in [-0.25, -0.2) is 4.39 Å². The zero-order valence-corrected chi connectivity index (χ0v) is 15.2. The molecule has 0 unspecified atom stereocenters. The minimum atomic E-state index is -0.280. The highest BCUT2D eigenvalue weighted by Crippen LogP contribution is 2.42. The largest absolute Gasteiger partial charge is 0.493 e. The van der Waals surface area contributed by atoms with Gasteiger partial charge in [0, 0.05) is 35.6 Å². The normalized spacial score (nSPS) is 17.1. The third-order valence-electron chi connectivity index (χ3n) is 5.67. The number of benzene rings is 2. The standard InChI is InChI=1S/C22H22FNO3/c23-16-3-1-14(2-4-16)11-21(25)24(17-5-6-17)13-19-18-8-10-26-20(18)12-15-7-9-27-22(15)19/h1-4,12,17H,5-11,13H2. The number of rotatable bonds is 5. The first-order chi connectivity index (χ1) is 13.2. The molecule has 3 aliphatic rings. The molecule has 4 nitrogen and oxygen atoms in total. The molecule has 0 spiro atoms. The average Bonchev–Trinajstić information content (AvgIpc) is 3.20. The van der Waals surface area contributed by atoms with E-state index in [-0.39, 0.29) is 11.7 Å². The van der Waals surface area contributed by atoms with Gasteiger partial charge in [-0.3, -0.25) is 4.79 Å². The van der Waals surface area contributed by atoms with Crippen LogP contribution in [0, 0.1) is 5.82 Å². The van der Waals surface area contributed by atoms with E-state index in [1.807, 2.05) is 4.90 Å². The van der Waals surface area contributed by atoms with Crippen LogP contribution < -0.4 is 9.47 Å². The van der Waals surface area contributed by atoms with Crippen LogP contribution in [0.1, 0.15) is 35.1 Å². The van der Waals surface area contributed by atoms with E-state index >= 15 is 0 Å². The van der Waals surface area contributed by atoms with Crippen molar-refractivity contribution in [3.63, 3.8) is 0 Å². The molecule has 5 heteroatoms. The fourth-order valence-electron chi connectivity index (χ4n) is 4.11. The van der Waals surface area contributed by atoms with Crippen LogP contribution in [0.3, 0.4) is 0 Å². The lowest BCUT2D eigenvalue weighted by Gasteiger charge is -2.25. The number of hydrogen-bond donors (Lipinski definition) is 0. The van der Waals surface area contributed by atoms with E-state index in [4.69, 9.17) is 9.47 Å². The molecule has 5 rings (SSSR count). The molecule has 2 aliphatic heterocycles. The van der Waals surface area contributed by atoms with Gasteiger partial charge in [0.1, 0.15) is 17.3 Å². The second-order valence-corrected chi connectivity index (χ2v) is 7.57. The van der Waals surface area contributed by atoms with Gasteiger partial charge in [-0.05, 0) is 36.6 Å². The first-order valence-electron chi connectivity index (χ1n) is 9.66. The van der Waals surface area contributed by atoms with Crippen molar-refractivity contribution in [3.8, 4) is 11.5 Å². The third-order valence-corrected chi connectivity index (χ3v) is 5.67. The summed E-state index contributed by atoms with van der Waals surface area (Å²) >= 11 is 0. The molecule has 27 heavy (non-hydrogen) atoms. The zero-order valence-electron chi connectivity index (χ0n) is 15.2. The molecular weight excluding hydrogens is 345 g/mol. The molecule has 0 saturated heterocycles. The van der Waals surface area contributed by atoms with Crippen molar-refractivity contribution >= 4 is 5.91 Å². The Balaban J connectivity index is 1.43. The fraction of sp³-hybridized carbons (Fsp3) is 0.409. The van der Waals surface area contributed by atoms with Crippen molar-refractivity contribution in [2.24, 2.45) is 0 Å². The minimum Gasteiger partial charge on any atom is -0.493 e. The van der Waals surface area contributed by atoms with E-state index in [9.17, 15) is 9.18 Å². The molecule has 2 heterocycles. The molecule has 1 aliphatic carbocycles. The number of ether oxygens (including phenoxy) is 2. The molecule has 0 atom stereocenters. The number of amides is 1. The van der Waals surface area contributed by atoms with Crippen LogP contribution in [0.25, 0.3) is 0 Å². The summed E-state index contributed by atoms with van der Waals surface area (Å²) in [6.45, 7) is 1.95. The number of hydrogen-bond acceptors (Lipinski definition) is 3. The Morgan fingerprint density at radius 1 is 1.11 bits per heavy atom. The number of nitrogens with zero attached hydrogens (tertiary/aromatic N) is 1. The highest BCUT2D eigenvalue weighted by molar-refractivity contribution is 5.79. The molecule has 2 aromatic carbocycles. The fourth-order valence-corrected chi connectivity index (χ4v) is 4.11. The summed E-state index contributed by atoms with van der Waals surface area (Å²) in [7, 11) is 0. The van der Waals surface area contributed by atoms with Crippen molar-refractivity contribution in [2.45, 2.75) is 44.7 Å². The molecule has 1 amide bonds. The summed E-state index contributed by atoms with van der Waals surface area (Å²) in [5.41, 5.74) is 4.34. The molecule has 0 aromatic heterocycles. The van der Waals surface area contributed by atoms with Gasteiger partial charge in [-0.15, -0.1) is 0 Å². The maximum Gasteiger partial charge on any atom is 0.227 e. The maximum atomic E-state index is 13.1. The molecule has 1 saturated carbocycles. The van der Waals surface area contributed by atoms with E-state index in [2.05, 4.69) is 6.07 Å². The maximum absolute atomic E-state index is 13.1. The first-order valence-corrected chi connectivity index (χ1v) is 9.66. The quantitative estimate of drug-likeness (QED) is 0.813. The number of carbonyl (C=O) groups is 1. The molecule has 0 bridgehead atoms. The minimum absolute atomic E-state index is 0.0902. The Labute approximate surface area is 157 Å². The number of halogens is 1. The van der Waals surface area contributed by atoms with E-state index < -0.39 is 0 Å². The average molecular weight is 367 g/mol. The van der Waals surface area contributed by atoms with Gasteiger partial charge in [0.15, 0.2) is 0 Å². The van der Waals surface area contributed by atoms with Crippen LogP contribution in [-0.4, -0.2) is 30.1 Å². The Bertz CT molecular complexity index is 857. The predicted octanol–water partition coefficient (Wildman–Crippen LogP) is 3.43. The second-order valence-electron chi connectivity index (χ2n) is 7.57. The Hall–Kier alpha value is -2.56. The van der Waals surface area contributed by atoms with Crippen LogP contribution in [0.15, 0.2) is 30.3 Å². The molecule has 0 N–H and O–H groups in total. The van der Waals surface area contributed by atoms with Crippen molar-refractivity contribution in [2.75, 3.05) is 13.2 Å². The predicted molar refractivity (Wildman–Crippen MR) is 98.5 cm³/mol. The zero-order chi connectivity index (χ0) is 18.4. The summed E-state index contributed by atoms with van der Waals surface area (Å²) in [6, 6.07) is 8.60. The van der Waals surface area contributed by atoms with E-state index in [1.165, 1.54) is 23.3 Å². The number of carbonyl (C=O) groups excluding carboxylic acids is 1. The number of fused-ring (bicyclic) bond motifs is 2. The van der Waals surface area contributed by atoms with Crippen LogP contribution in [0.5, 0.6) is 11.5 Å². The third kappa shape index (κ3) is 3.15. The van der Waals surface area contributed by atoms with Gasteiger partial charge >= 0.3 is 0 Å². The second kappa shape index (κ2) is 6.55. The molecular formula is C22H22FNO3. The summed E-state index contributed by atoms with van der Waals surface area (Å²) in [5.74, 6) is 1.72. The summed E-state index contributed by atoms with van der Waals surface area (Å²) in [6.07, 6.45) is 4.15. The van der Waals surface area contributed by atoms with Gasteiger partial charge in [-0.1, -0.05) is 12.1 Å². The Morgan fingerprint density at radius 2 is 1.89 bits per heavy atom. The summed E-state index contributed by atoms with van der Waals surface area (Å²) in [4.78, 5) is 15.0. The van der Waals surface area contributed by atoms with Crippen LogP contribution in [0.4, 0.5) is 4.39 Å². The van der Waals surface area contributed by atoms with Gasteiger partial charge < -0.3 is 14.4 Å². The van der Waals surface area contributed by atoms with Crippen molar-refractivity contribution in [1.29, 1.82) is 0 Å². The Morgan fingerprint density at radius 3 is 2.67 bits per heavy atom. The monoisotopic (exact) mass is 367 g/mol. The van der Waals surface area contributed by atoms with E-state index in [1.54, 1.807) is 12.1 Å². The highest BCUT2D eigenvalue weighted by Gasteiger charge is 2.35. The first kappa shape index (κ1) is 16.6. The van der Waals surface area contributed by atoms with Crippen LogP contribution in [-0.2, 0) is 30.6 Å². The summed E-state index contributed by atoms with van der Waals surface area (Å²) in [5, 5.41) is 0. The van der Waals surface area contributed by atoms with Gasteiger partial charge in [0.2, 0.25) is 5.91 Å². The lowest BCUT2D eigenvalue weighted by Crippen LogP contribution is -2.34. The molecule has 140 valence electrons. The Kier molecular flexibility index (Phi) is 4.03. The lowest BCUT2D eigenvalue weighted by molar-refractivity contribution is -0.131. The van der Waals surface area contributed by atoms with Gasteiger partial charge in [0.05, 0.1) is 26.2 Å². The van der Waals surface area contributed by atoms with E-state index in [0.717, 1.165) is 48.3 Å². The SMILES string of the molecule is O=C(Cc1ccc(F)cc1)N(Cc1c2c(cc3c1OCC3)OCC2)C1CC1. The molecule has 1 fully saturated rings. The van der Waals surface area contributed by atoms with Crippen molar-refractivity contribution < 1.29 is 18.7 Å². The van der Waals surface area contributed by atoms with Crippen molar-refractivity contribution in [3.05, 3.63) is 58.4 Å². The molecule has 2 aromatic rings. The van der Waals surface area contributed by atoms with Crippen molar-refractivity contribution in [1.82, 2.24) is 4.90 Å². The summed E-state index contributed by atoms with van der Waals surface area (Å²) < 4.78 is 24.9. The van der Waals surface area contributed by atoms with Crippen LogP contribution >= 0.6 is 0 Å². The van der Waals surface area contributed by atoms with Gasteiger partial charge in [0.25, 0.3) is 0 Å². The smallest absolute Gasteiger partial charge is 0.227 e. The lowest BCUT2D eigenvalue weighted by atomic mass is 9.98. The van der Waals surface area contributed by atoms with E-state index in [0.29, 0.717) is 32.2 Å². The molecule has 0 radical (unpaired) electrons. The van der Waals surface area contributed by atoms with Crippen LogP contribution in [0.2, 0.25) is 0 Å².